The molecule has 2 aliphatic carbocycles. The molecule has 0 spiro atoms. The fraction of sp³-hybridized carbons (Fsp3) is 0.643. The summed E-state index contributed by atoms with van der Waals surface area (Å²) in [7, 11) is 0. The number of benzene rings is 1. The molecule has 2 saturated carbocycles. The summed E-state index contributed by atoms with van der Waals surface area (Å²) < 4.78 is 5.44. The quantitative estimate of drug-likeness (QED) is 0.258. The second-order valence-corrected chi connectivity index (χ2v) is 9.74. The summed E-state index contributed by atoms with van der Waals surface area (Å²) in [5.41, 5.74) is 1.44. The molecule has 1 aromatic rings. The first kappa shape index (κ1) is 25.3. The lowest BCUT2D eigenvalue weighted by molar-refractivity contribution is -0.131. The van der Waals surface area contributed by atoms with E-state index in [9.17, 15) is 9.59 Å². The van der Waals surface area contributed by atoms with Crippen molar-refractivity contribution in [3.8, 4) is 5.75 Å². The number of hydrogen-bond donors (Lipinski definition) is 1. The predicted octanol–water partition coefficient (Wildman–Crippen LogP) is 6.24. The Kier molecular flexibility index (Phi) is 9.83. The SMILES string of the molecule is C=C(NCCCC)C(C1CCCCC1)N(C(=O)c1ccccc1OC(C)=O)C1CCCCC1. The molecule has 0 radical (unpaired) electrons. The van der Waals surface area contributed by atoms with Crippen LogP contribution < -0.4 is 10.1 Å². The van der Waals surface area contributed by atoms with Crippen LogP contribution in [0.3, 0.4) is 0 Å². The lowest BCUT2D eigenvalue weighted by Crippen LogP contribution is -2.54. The van der Waals surface area contributed by atoms with Gasteiger partial charge in [-0.05, 0) is 50.2 Å². The van der Waals surface area contributed by atoms with Crippen molar-refractivity contribution in [2.24, 2.45) is 5.92 Å². The highest BCUT2D eigenvalue weighted by Gasteiger charge is 2.39. The Balaban J connectivity index is 1.99. The molecule has 1 atom stereocenters. The molecule has 0 bridgehead atoms. The van der Waals surface area contributed by atoms with Gasteiger partial charge in [-0.1, -0.05) is 70.6 Å². The summed E-state index contributed by atoms with van der Waals surface area (Å²) >= 11 is 0. The van der Waals surface area contributed by atoms with Gasteiger partial charge in [-0.15, -0.1) is 0 Å². The highest BCUT2D eigenvalue weighted by atomic mass is 16.5. The van der Waals surface area contributed by atoms with Crippen molar-refractivity contribution >= 4 is 11.9 Å². The zero-order chi connectivity index (χ0) is 23.6. The number of ether oxygens (including phenoxy) is 1. The molecule has 3 rings (SSSR count). The maximum Gasteiger partial charge on any atom is 0.308 e. The second-order valence-electron chi connectivity index (χ2n) is 9.74. The molecule has 0 aliphatic heterocycles. The minimum Gasteiger partial charge on any atom is -0.426 e. The molecule has 5 nitrogen and oxygen atoms in total. The van der Waals surface area contributed by atoms with Gasteiger partial charge < -0.3 is 15.0 Å². The highest BCUT2D eigenvalue weighted by molar-refractivity contribution is 5.98. The number of unbranched alkanes of at least 4 members (excludes halogenated alkanes) is 1. The Morgan fingerprint density at radius 1 is 1.06 bits per heavy atom. The molecule has 182 valence electrons. The molecule has 1 N–H and O–H groups in total. The summed E-state index contributed by atoms with van der Waals surface area (Å²) in [6.07, 6.45) is 13.7. The normalized spacial score (nSPS) is 18.4. The maximum absolute atomic E-state index is 14.2. The molecule has 5 heteroatoms. The monoisotopic (exact) mass is 454 g/mol. The van der Waals surface area contributed by atoms with E-state index >= 15 is 0 Å². The van der Waals surface area contributed by atoms with Crippen LogP contribution in [0.15, 0.2) is 36.5 Å². The van der Waals surface area contributed by atoms with E-state index in [4.69, 9.17) is 4.74 Å². The van der Waals surface area contributed by atoms with Gasteiger partial charge in [0.05, 0.1) is 11.6 Å². The lowest BCUT2D eigenvalue weighted by atomic mass is 9.80. The Morgan fingerprint density at radius 2 is 1.70 bits per heavy atom. The van der Waals surface area contributed by atoms with E-state index in [1.54, 1.807) is 12.1 Å². The molecule has 0 heterocycles. The van der Waals surface area contributed by atoms with Crippen LogP contribution in [-0.2, 0) is 4.79 Å². The van der Waals surface area contributed by atoms with Crippen LogP contribution >= 0.6 is 0 Å². The van der Waals surface area contributed by atoms with Gasteiger partial charge in [-0.3, -0.25) is 9.59 Å². The summed E-state index contributed by atoms with van der Waals surface area (Å²) in [4.78, 5) is 28.1. The van der Waals surface area contributed by atoms with Crippen LogP contribution in [0.1, 0.15) is 101 Å². The largest absolute Gasteiger partial charge is 0.426 e. The molecular weight excluding hydrogens is 412 g/mol. The lowest BCUT2D eigenvalue weighted by Gasteiger charge is -2.45. The van der Waals surface area contributed by atoms with Crippen LogP contribution in [0, 0.1) is 5.92 Å². The number of nitrogens with zero attached hydrogens (tertiary/aromatic N) is 1. The Morgan fingerprint density at radius 3 is 2.33 bits per heavy atom. The van der Waals surface area contributed by atoms with Crippen LogP contribution in [-0.4, -0.2) is 35.4 Å². The molecule has 1 unspecified atom stereocenters. The summed E-state index contributed by atoms with van der Waals surface area (Å²) in [5.74, 6) is 0.316. The highest BCUT2D eigenvalue weighted by Crippen LogP contribution is 2.37. The number of nitrogens with one attached hydrogen (secondary N) is 1. The molecule has 2 fully saturated rings. The Labute approximate surface area is 200 Å². The molecule has 2 aliphatic rings. The first-order valence-electron chi connectivity index (χ1n) is 13.1. The standard InChI is InChI=1S/C28H42N2O3/c1-4-5-20-29-21(2)27(23-14-8-6-9-15-23)30(24-16-10-7-11-17-24)28(32)25-18-12-13-19-26(25)33-22(3)31/h12-13,18-19,23-24,27,29H,2,4-11,14-17,20H2,1,3H3. The predicted molar refractivity (Wildman–Crippen MR) is 133 cm³/mol. The van der Waals surface area contributed by atoms with Crippen LogP contribution in [0.2, 0.25) is 0 Å². The van der Waals surface area contributed by atoms with E-state index in [0.29, 0.717) is 17.2 Å². The van der Waals surface area contributed by atoms with Crippen molar-refractivity contribution in [3.05, 3.63) is 42.1 Å². The van der Waals surface area contributed by atoms with Crippen molar-refractivity contribution in [1.29, 1.82) is 0 Å². The van der Waals surface area contributed by atoms with Crippen molar-refractivity contribution in [2.45, 2.75) is 103 Å². The van der Waals surface area contributed by atoms with Crippen molar-refractivity contribution < 1.29 is 14.3 Å². The smallest absolute Gasteiger partial charge is 0.308 e. The maximum atomic E-state index is 14.2. The van der Waals surface area contributed by atoms with Gasteiger partial charge in [0, 0.05) is 25.2 Å². The van der Waals surface area contributed by atoms with Crippen LogP contribution in [0.4, 0.5) is 0 Å². The molecule has 1 amide bonds. The second kappa shape index (κ2) is 12.8. The molecule has 33 heavy (non-hydrogen) atoms. The zero-order valence-corrected chi connectivity index (χ0v) is 20.6. The van der Waals surface area contributed by atoms with Crippen molar-refractivity contribution in [2.75, 3.05) is 6.54 Å². The Hall–Kier alpha value is -2.30. The van der Waals surface area contributed by atoms with E-state index in [1.165, 1.54) is 32.6 Å². The first-order chi connectivity index (χ1) is 16.0. The first-order valence-corrected chi connectivity index (χ1v) is 13.1. The number of esters is 1. The van der Waals surface area contributed by atoms with E-state index in [2.05, 4.69) is 23.7 Å². The molecular formula is C28H42N2O3. The van der Waals surface area contributed by atoms with Gasteiger partial charge >= 0.3 is 5.97 Å². The molecule has 0 aromatic heterocycles. The molecule has 1 aromatic carbocycles. The summed E-state index contributed by atoms with van der Waals surface area (Å²) in [6.45, 7) is 8.93. The van der Waals surface area contributed by atoms with E-state index in [1.807, 2.05) is 12.1 Å². The minimum absolute atomic E-state index is 0.0345. The molecule has 0 saturated heterocycles. The van der Waals surface area contributed by atoms with Gasteiger partial charge in [0.2, 0.25) is 0 Å². The number of hydrogen-bond acceptors (Lipinski definition) is 4. The topological polar surface area (TPSA) is 58.6 Å². The van der Waals surface area contributed by atoms with E-state index in [0.717, 1.165) is 63.6 Å². The van der Waals surface area contributed by atoms with Gasteiger partial charge in [0.1, 0.15) is 5.75 Å². The third-order valence-electron chi connectivity index (χ3n) is 7.21. The summed E-state index contributed by atoms with van der Waals surface area (Å²) in [5, 5.41) is 3.58. The van der Waals surface area contributed by atoms with Gasteiger partial charge in [-0.2, -0.15) is 0 Å². The van der Waals surface area contributed by atoms with Crippen molar-refractivity contribution in [3.63, 3.8) is 0 Å². The van der Waals surface area contributed by atoms with Crippen LogP contribution in [0.5, 0.6) is 5.75 Å². The summed E-state index contributed by atoms with van der Waals surface area (Å²) in [6, 6.07) is 7.32. The minimum atomic E-state index is -0.408. The Bertz CT molecular complexity index is 794. The van der Waals surface area contributed by atoms with Gasteiger partial charge in [-0.25, -0.2) is 0 Å². The third kappa shape index (κ3) is 6.84. The number of rotatable bonds is 10. The fourth-order valence-corrected chi connectivity index (χ4v) is 5.56. The van der Waals surface area contributed by atoms with Crippen molar-refractivity contribution in [1.82, 2.24) is 10.2 Å². The van der Waals surface area contributed by atoms with E-state index in [-0.39, 0.29) is 18.0 Å². The number of para-hydroxylation sites is 1. The van der Waals surface area contributed by atoms with Gasteiger partial charge in [0.15, 0.2) is 0 Å². The fourth-order valence-electron chi connectivity index (χ4n) is 5.56. The van der Waals surface area contributed by atoms with Gasteiger partial charge in [0.25, 0.3) is 5.91 Å². The van der Waals surface area contributed by atoms with E-state index < -0.39 is 5.97 Å². The zero-order valence-electron chi connectivity index (χ0n) is 20.6. The number of carbonyl (C=O) groups excluding carboxylic acids is 2. The van der Waals surface area contributed by atoms with Crippen LogP contribution in [0.25, 0.3) is 0 Å². The average molecular weight is 455 g/mol. The third-order valence-corrected chi connectivity index (χ3v) is 7.21. The number of carbonyl (C=O) groups is 2. The average Bonchev–Trinajstić information content (AvgIpc) is 2.83. The number of amides is 1.